The van der Waals surface area contributed by atoms with E-state index in [0.29, 0.717) is 34.5 Å². The highest BCUT2D eigenvalue weighted by molar-refractivity contribution is 6.33. The summed E-state index contributed by atoms with van der Waals surface area (Å²) < 4.78 is 11.1. The van der Waals surface area contributed by atoms with Crippen molar-refractivity contribution in [3.63, 3.8) is 0 Å². The van der Waals surface area contributed by atoms with Crippen LogP contribution in [0.5, 0.6) is 5.75 Å². The van der Waals surface area contributed by atoms with Crippen molar-refractivity contribution < 1.29 is 14.1 Å². The molecule has 27 heavy (non-hydrogen) atoms. The maximum Gasteiger partial charge on any atom is 0.263 e. The molecule has 0 saturated carbocycles. The van der Waals surface area contributed by atoms with Gasteiger partial charge in [-0.2, -0.15) is 4.98 Å². The second-order valence-corrected chi connectivity index (χ2v) is 6.42. The molecule has 1 atom stereocenters. The van der Waals surface area contributed by atoms with Crippen LogP contribution in [0.15, 0.2) is 59.1 Å². The van der Waals surface area contributed by atoms with Crippen molar-refractivity contribution in [3.8, 4) is 17.1 Å². The van der Waals surface area contributed by atoms with Gasteiger partial charge >= 0.3 is 0 Å². The molecule has 7 heteroatoms. The zero-order valence-electron chi connectivity index (χ0n) is 15.1. The first-order valence-corrected chi connectivity index (χ1v) is 9.00. The SMILES string of the molecule is CC[C@@H](Oc1ccccc1)C(=O)N(C)Cc1nc(-c2ccccc2Cl)no1. The van der Waals surface area contributed by atoms with Gasteiger partial charge in [-0.05, 0) is 30.7 Å². The van der Waals surface area contributed by atoms with Crippen molar-refractivity contribution in [3.05, 3.63) is 65.5 Å². The molecule has 0 unspecified atom stereocenters. The maximum absolute atomic E-state index is 12.7. The number of hydrogen-bond donors (Lipinski definition) is 0. The summed E-state index contributed by atoms with van der Waals surface area (Å²) in [6.45, 7) is 2.09. The van der Waals surface area contributed by atoms with Crippen LogP contribution in [-0.2, 0) is 11.3 Å². The first-order chi connectivity index (χ1) is 13.1. The number of ether oxygens (including phenoxy) is 1. The van der Waals surface area contributed by atoms with Gasteiger partial charge in [-0.15, -0.1) is 0 Å². The molecule has 6 nitrogen and oxygen atoms in total. The molecule has 0 aliphatic rings. The number of carbonyl (C=O) groups excluding carboxylic acids is 1. The number of amides is 1. The fourth-order valence-corrected chi connectivity index (χ4v) is 2.79. The van der Waals surface area contributed by atoms with E-state index in [1.807, 2.05) is 55.5 Å². The lowest BCUT2D eigenvalue weighted by Crippen LogP contribution is -2.39. The Balaban J connectivity index is 1.66. The number of rotatable bonds is 7. The molecule has 0 N–H and O–H groups in total. The van der Waals surface area contributed by atoms with Gasteiger partial charge in [-0.25, -0.2) is 0 Å². The van der Waals surface area contributed by atoms with Crippen molar-refractivity contribution in [1.29, 1.82) is 0 Å². The zero-order chi connectivity index (χ0) is 19.2. The highest BCUT2D eigenvalue weighted by Crippen LogP contribution is 2.25. The molecule has 1 amide bonds. The van der Waals surface area contributed by atoms with Crippen molar-refractivity contribution in [2.75, 3.05) is 7.05 Å². The average molecular weight is 386 g/mol. The van der Waals surface area contributed by atoms with E-state index >= 15 is 0 Å². The summed E-state index contributed by atoms with van der Waals surface area (Å²) in [6, 6.07) is 16.5. The van der Waals surface area contributed by atoms with Crippen LogP contribution < -0.4 is 4.74 Å². The smallest absolute Gasteiger partial charge is 0.263 e. The van der Waals surface area contributed by atoms with Crippen LogP contribution in [0.4, 0.5) is 0 Å². The fraction of sp³-hybridized carbons (Fsp3) is 0.250. The van der Waals surface area contributed by atoms with E-state index in [9.17, 15) is 4.79 Å². The lowest BCUT2D eigenvalue weighted by Gasteiger charge is -2.22. The van der Waals surface area contributed by atoms with Crippen LogP contribution in [0.25, 0.3) is 11.4 Å². The summed E-state index contributed by atoms with van der Waals surface area (Å²) in [7, 11) is 1.68. The Kier molecular flexibility index (Phi) is 6.08. The number of nitrogens with zero attached hydrogens (tertiary/aromatic N) is 3. The van der Waals surface area contributed by atoms with E-state index in [1.165, 1.54) is 4.90 Å². The van der Waals surface area contributed by atoms with Crippen LogP contribution >= 0.6 is 11.6 Å². The number of aromatic nitrogens is 2. The molecule has 0 aliphatic heterocycles. The minimum Gasteiger partial charge on any atom is -0.481 e. The van der Waals surface area contributed by atoms with Crippen LogP contribution in [0, 0.1) is 0 Å². The summed E-state index contributed by atoms with van der Waals surface area (Å²) >= 11 is 6.16. The average Bonchev–Trinajstić information content (AvgIpc) is 3.15. The van der Waals surface area contributed by atoms with E-state index < -0.39 is 6.10 Å². The zero-order valence-corrected chi connectivity index (χ0v) is 15.9. The first-order valence-electron chi connectivity index (χ1n) is 8.62. The second kappa shape index (κ2) is 8.68. The minimum absolute atomic E-state index is 0.154. The first kappa shape index (κ1) is 18.9. The van der Waals surface area contributed by atoms with Gasteiger partial charge in [0.2, 0.25) is 11.7 Å². The third-order valence-corrected chi connectivity index (χ3v) is 4.33. The summed E-state index contributed by atoms with van der Waals surface area (Å²) in [6.07, 6.45) is -0.0318. The predicted octanol–water partition coefficient (Wildman–Crippen LogP) is 4.21. The summed E-state index contributed by atoms with van der Waals surface area (Å²) in [4.78, 5) is 18.6. The topological polar surface area (TPSA) is 68.5 Å². The monoisotopic (exact) mass is 385 g/mol. The predicted molar refractivity (Wildman–Crippen MR) is 102 cm³/mol. The molecule has 3 rings (SSSR count). The van der Waals surface area contributed by atoms with Crippen LogP contribution in [-0.4, -0.2) is 34.1 Å². The molecule has 0 spiro atoms. The Morgan fingerprint density at radius 2 is 1.89 bits per heavy atom. The van der Waals surface area contributed by atoms with Crippen LogP contribution in [0.2, 0.25) is 5.02 Å². The summed E-state index contributed by atoms with van der Waals surface area (Å²) in [5.74, 6) is 1.23. The van der Waals surface area contributed by atoms with Gasteiger partial charge in [0.1, 0.15) is 5.75 Å². The van der Waals surface area contributed by atoms with Gasteiger partial charge in [-0.1, -0.05) is 54.0 Å². The largest absolute Gasteiger partial charge is 0.481 e. The van der Waals surface area contributed by atoms with Crippen molar-refractivity contribution in [1.82, 2.24) is 15.0 Å². The molecule has 2 aromatic carbocycles. The van der Waals surface area contributed by atoms with Gasteiger partial charge in [-0.3, -0.25) is 4.79 Å². The summed E-state index contributed by atoms with van der Waals surface area (Å²) in [5.41, 5.74) is 0.682. The Morgan fingerprint density at radius 1 is 1.19 bits per heavy atom. The molecule has 0 radical (unpaired) electrons. The molecule has 1 heterocycles. The Hall–Kier alpha value is -2.86. The molecular formula is C20H20ClN3O3. The van der Waals surface area contributed by atoms with Gasteiger partial charge in [0.25, 0.3) is 5.91 Å². The molecule has 0 fully saturated rings. The van der Waals surface area contributed by atoms with Crippen molar-refractivity contribution >= 4 is 17.5 Å². The van der Waals surface area contributed by atoms with E-state index in [4.69, 9.17) is 20.9 Å². The second-order valence-electron chi connectivity index (χ2n) is 6.01. The standard InChI is InChI=1S/C20H20ClN3O3/c1-3-17(26-14-9-5-4-6-10-14)20(25)24(2)13-18-22-19(23-27-18)15-11-7-8-12-16(15)21/h4-12,17H,3,13H2,1-2H3/t17-/m1/s1. The Morgan fingerprint density at radius 3 is 2.59 bits per heavy atom. The Bertz CT molecular complexity index is 898. The van der Waals surface area contributed by atoms with Gasteiger partial charge in [0.15, 0.2) is 6.10 Å². The number of hydrogen-bond acceptors (Lipinski definition) is 5. The van der Waals surface area contributed by atoms with Gasteiger partial charge < -0.3 is 14.2 Å². The molecule has 3 aromatic rings. The lowest BCUT2D eigenvalue weighted by molar-refractivity contribution is -0.138. The number of likely N-dealkylation sites (N-methyl/N-ethyl adjacent to an activating group) is 1. The van der Waals surface area contributed by atoms with Gasteiger partial charge in [0, 0.05) is 12.6 Å². The molecule has 0 saturated heterocycles. The van der Waals surface area contributed by atoms with Crippen molar-refractivity contribution in [2.24, 2.45) is 0 Å². The normalized spacial score (nSPS) is 11.8. The van der Waals surface area contributed by atoms with E-state index in [0.717, 1.165) is 0 Å². The van der Waals surface area contributed by atoms with Crippen LogP contribution in [0.1, 0.15) is 19.2 Å². The van der Waals surface area contributed by atoms with E-state index in [-0.39, 0.29) is 12.5 Å². The maximum atomic E-state index is 12.7. The lowest BCUT2D eigenvalue weighted by atomic mass is 10.2. The quantitative estimate of drug-likeness (QED) is 0.609. The number of halogens is 1. The van der Waals surface area contributed by atoms with Crippen molar-refractivity contribution in [2.45, 2.75) is 26.0 Å². The Labute approximate surface area is 162 Å². The third-order valence-electron chi connectivity index (χ3n) is 4.00. The molecule has 140 valence electrons. The highest BCUT2D eigenvalue weighted by Gasteiger charge is 2.24. The van der Waals surface area contributed by atoms with E-state index in [2.05, 4.69) is 10.1 Å². The van der Waals surface area contributed by atoms with E-state index in [1.54, 1.807) is 13.1 Å². The highest BCUT2D eigenvalue weighted by atomic mass is 35.5. The molecule has 0 bridgehead atoms. The minimum atomic E-state index is -0.580. The summed E-state index contributed by atoms with van der Waals surface area (Å²) in [5, 5.41) is 4.49. The number of carbonyl (C=O) groups is 1. The van der Waals surface area contributed by atoms with Crippen LogP contribution in [0.3, 0.4) is 0 Å². The third kappa shape index (κ3) is 4.65. The molecule has 1 aromatic heterocycles. The number of para-hydroxylation sites is 1. The number of benzene rings is 2. The molecule has 0 aliphatic carbocycles. The molecular weight excluding hydrogens is 366 g/mol. The van der Waals surface area contributed by atoms with Gasteiger partial charge in [0.05, 0.1) is 11.6 Å². The fourth-order valence-electron chi connectivity index (χ4n) is 2.57.